The summed E-state index contributed by atoms with van der Waals surface area (Å²) in [6.45, 7) is 5.00. The van der Waals surface area contributed by atoms with E-state index in [4.69, 9.17) is 0 Å². The highest BCUT2D eigenvalue weighted by Gasteiger charge is 2.26. The molecular formula is C13H13F2NO. The molecule has 2 nitrogen and oxygen atoms in total. The Morgan fingerprint density at radius 2 is 2.12 bits per heavy atom. The standard InChI is InChI=1S/C13H13F2NO/c1-3-16-11(17)6-4-5-9-12(15)8(2)7-10(14)13(9)16/h3,7H,1,4-6H2,2H3. The number of benzene rings is 1. The maximum Gasteiger partial charge on any atom is 0.231 e. The number of carbonyl (C=O) groups excluding carboxylic acids is 1. The van der Waals surface area contributed by atoms with Crippen molar-refractivity contribution in [3.05, 3.63) is 41.6 Å². The minimum absolute atomic E-state index is 0.0191. The van der Waals surface area contributed by atoms with Gasteiger partial charge >= 0.3 is 0 Å². The third kappa shape index (κ3) is 1.84. The second-order valence-electron chi connectivity index (χ2n) is 4.12. The maximum absolute atomic E-state index is 13.9. The number of carbonyl (C=O) groups is 1. The molecule has 1 aliphatic rings. The first-order chi connectivity index (χ1) is 8.06. The fraction of sp³-hybridized carbons (Fsp3) is 0.308. The van der Waals surface area contributed by atoms with E-state index in [-0.39, 0.29) is 29.1 Å². The van der Waals surface area contributed by atoms with Crippen LogP contribution in [0, 0.1) is 18.6 Å². The minimum Gasteiger partial charge on any atom is -0.285 e. The van der Waals surface area contributed by atoms with Crippen LogP contribution in [-0.4, -0.2) is 5.91 Å². The van der Waals surface area contributed by atoms with Gasteiger partial charge in [0.25, 0.3) is 0 Å². The molecule has 1 aliphatic heterocycles. The third-order valence-corrected chi connectivity index (χ3v) is 2.98. The molecule has 1 heterocycles. The molecule has 0 saturated heterocycles. The van der Waals surface area contributed by atoms with Gasteiger partial charge in [-0.15, -0.1) is 0 Å². The predicted octanol–water partition coefficient (Wildman–Crippen LogP) is 3.09. The Morgan fingerprint density at radius 1 is 1.41 bits per heavy atom. The van der Waals surface area contributed by atoms with Gasteiger partial charge in [-0.1, -0.05) is 6.58 Å². The molecule has 0 unspecified atom stereocenters. The van der Waals surface area contributed by atoms with Crippen LogP contribution in [0.3, 0.4) is 0 Å². The Balaban J connectivity index is 2.71. The summed E-state index contributed by atoms with van der Waals surface area (Å²) < 4.78 is 27.8. The van der Waals surface area contributed by atoms with E-state index in [0.717, 1.165) is 11.0 Å². The fourth-order valence-corrected chi connectivity index (χ4v) is 2.15. The van der Waals surface area contributed by atoms with Crippen LogP contribution in [0.25, 0.3) is 0 Å². The maximum atomic E-state index is 13.9. The van der Waals surface area contributed by atoms with E-state index in [0.29, 0.717) is 12.8 Å². The van der Waals surface area contributed by atoms with Crippen molar-refractivity contribution in [2.24, 2.45) is 0 Å². The molecule has 0 atom stereocenters. The van der Waals surface area contributed by atoms with Crippen molar-refractivity contribution in [3.8, 4) is 0 Å². The lowest BCUT2D eigenvalue weighted by molar-refractivity contribution is -0.118. The van der Waals surface area contributed by atoms with Gasteiger partial charge in [-0.05, 0) is 31.4 Å². The van der Waals surface area contributed by atoms with Crippen molar-refractivity contribution in [3.63, 3.8) is 0 Å². The van der Waals surface area contributed by atoms with Gasteiger partial charge in [0, 0.05) is 18.2 Å². The molecule has 1 amide bonds. The highest BCUT2D eigenvalue weighted by molar-refractivity contribution is 5.96. The molecule has 0 spiro atoms. The van der Waals surface area contributed by atoms with Crippen LogP contribution in [0.1, 0.15) is 24.0 Å². The van der Waals surface area contributed by atoms with Gasteiger partial charge in [0.05, 0.1) is 5.69 Å². The van der Waals surface area contributed by atoms with Crippen molar-refractivity contribution in [1.29, 1.82) is 0 Å². The van der Waals surface area contributed by atoms with Gasteiger partial charge in [-0.25, -0.2) is 8.78 Å². The zero-order valence-corrected chi connectivity index (χ0v) is 9.59. The van der Waals surface area contributed by atoms with Crippen LogP contribution in [-0.2, 0) is 11.2 Å². The van der Waals surface area contributed by atoms with E-state index in [2.05, 4.69) is 6.58 Å². The van der Waals surface area contributed by atoms with Crippen LogP contribution >= 0.6 is 0 Å². The molecule has 4 heteroatoms. The zero-order chi connectivity index (χ0) is 12.6. The van der Waals surface area contributed by atoms with Gasteiger partial charge in [0.2, 0.25) is 5.91 Å². The normalized spacial score (nSPS) is 15.5. The lowest BCUT2D eigenvalue weighted by Gasteiger charge is -2.20. The Hall–Kier alpha value is -1.71. The van der Waals surface area contributed by atoms with Crippen molar-refractivity contribution < 1.29 is 13.6 Å². The van der Waals surface area contributed by atoms with Gasteiger partial charge in [-0.3, -0.25) is 9.69 Å². The van der Waals surface area contributed by atoms with Gasteiger partial charge in [-0.2, -0.15) is 0 Å². The summed E-state index contributed by atoms with van der Waals surface area (Å²) in [7, 11) is 0. The van der Waals surface area contributed by atoms with E-state index in [1.54, 1.807) is 0 Å². The van der Waals surface area contributed by atoms with Crippen molar-refractivity contribution in [2.45, 2.75) is 26.2 Å². The minimum atomic E-state index is -0.575. The molecule has 90 valence electrons. The number of aryl methyl sites for hydroxylation is 1. The summed E-state index contributed by atoms with van der Waals surface area (Å²) in [5.41, 5.74) is 0.554. The van der Waals surface area contributed by atoms with Crippen molar-refractivity contribution in [1.82, 2.24) is 0 Å². The monoisotopic (exact) mass is 237 g/mol. The molecule has 0 N–H and O–H groups in total. The van der Waals surface area contributed by atoms with E-state index < -0.39 is 11.6 Å². The van der Waals surface area contributed by atoms with E-state index in [1.807, 2.05) is 0 Å². The summed E-state index contributed by atoms with van der Waals surface area (Å²) in [5, 5.41) is 0. The van der Waals surface area contributed by atoms with E-state index in [1.165, 1.54) is 13.1 Å². The fourth-order valence-electron chi connectivity index (χ4n) is 2.15. The highest BCUT2D eigenvalue weighted by Crippen LogP contribution is 2.33. The van der Waals surface area contributed by atoms with Crippen LogP contribution in [0.5, 0.6) is 0 Å². The third-order valence-electron chi connectivity index (χ3n) is 2.98. The average molecular weight is 237 g/mol. The molecule has 1 aromatic rings. The number of hydrogen-bond acceptors (Lipinski definition) is 1. The van der Waals surface area contributed by atoms with Gasteiger partial charge < -0.3 is 0 Å². The Bertz CT molecular complexity index is 497. The lowest BCUT2D eigenvalue weighted by atomic mass is 10.0. The van der Waals surface area contributed by atoms with Gasteiger partial charge in [0.15, 0.2) is 0 Å². The van der Waals surface area contributed by atoms with Crippen molar-refractivity contribution in [2.75, 3.05) is 4.90 Å². The first-order valence-corrected chi connectivity index (χ1v) is 5.48. The summed E-state index contributed by atoms with van der Waals surface area (Å²) in [6.07, 6.45) is 2.41. The number of amides is 1. The number of fused-ring (bicyclic) bond motifs is 1. The van der Waals surface area contributed by atoms with Crippen LogP contribution < -0.4 is 4.90 Å². The Morgan fingerprint density at radius 3 is 2.76 bits per heavy atom. The van der Waals surface area contributed by atoms with Crippen LogP contribution in [0.4, 0.5) is 14.5 Å². The molecule has 0 aliphatic carbocycles. The number of hydrogen-bond donors (Lipinski definition) is 0. The molecule has 0 fully saturated rings. The number of halogens is 2. The first kappa shape index (κ1) is 11.8. The molecule has 17 heavy (non-hydrogen) atoms. The summed E-state index contributed by atoms with van der Waals surface area (Å²) in [5.74, 6) is -1.25. The first-order valence-electron chi connectivity index (χ1n) is 5.48. The number of anilines is 1. The molecule has 1 aromatic carbocycles. The SMILES string of the molecule is C=CN1C(=O)CCCc2c(F)c(C)cc(F)c21. The van der Waals surface area contributed by atoms with Gasteiger partial charge in [0.1, 0.15) is 11.6 Å². The summed E-state index contributed by atoms with van der Waals surface area (Å²) in [6, 6.07) is 1.11. The van der Waals surface area contributed by atoms with E-state index >= 15 is 0 Å². The zero-order valence-electron chi connectivity index (χ0n) is 9.59. The molecule has 2 rings (SSSR count). The Labute approximate surface area is 98.5 Å². The smallest absolute Gasteiger partial charge is 0.231 e. The highest BCUT2D eigenvalue weighted by atomic mass is 19.1. The second-order valence-corrected chi connectivity index (χ2v) is 4.12. The molecule has 0 aromatic heterocycles. The molecular weight excluding hydrogens is 224 g/mol. The lowest BCUT2D eigenvalue weighted by Crippen LogP contribution is -2.25. The van der Waals surface area contributed by atoms with Crippen molar-refractivity contribution >= 4 is 11.6 Å². The average Bonchev–Trinajstić information content (AvgIpc) is 2.45. The molecule has 0 bridgehead atoms. The van der Waals surface area contributed by atoms with Crippen LogP contribution in [0.2, 0.25) is 0 Å². The van der Waals surface area contributed by atoms with Crippen LogP contribution in [0.15, 0.2) is 18.8 Å². The molecule has 0 saturated carbocycles. The quantitative estimate of drug-likeness (QED) is 0.735. The summed E-state index contributed by atoms with van der Waals surface area (Å²) >= 11 is 0. The summed E-state index contributed by atoms with van der Waals surface area (Å²) in [4.78, 5) is 12.8. The van der Waals surface area contributed by atoms with E-state index in [9.17, 15) is 13.6 Å². The number of rotatable bonds is 1. The Kier molecular flexibility index (Phi) is 2.96. The topological polar surface area (TPSA) is 20.3 Å². The molecule has 0 radical (unpaired) electrons. The predicted molar refractivity (Wildman–Crippen MR) is 61.7 cm³/mol. The second kappa shape index (κ2) is 4.28. The largest absolute Gasteiger partial charge is 0.285 e. The number of nitrogens with zero attached hydrogens (tertiary/aromatic N) is 1.